The number of nitrogens with zero attached hydrogens (tertiary/aromatic N) is 2. The molecule has 2 aromatic carbocycles. The molecule has 0 bridgehead atoms. The van der Waals surface area contributed by atoms with Crippen LogP contribution in [0.3, 0.4) is 0 Å². The van der Waals surface area contributed by atoms with Crippen molar-refractivity contribution in [3.8, 4) is 0 Å². The Kier molecular flexibility index (Phi) is 5.58. The SMILES string of the molecule is O=C(c1ccc(F)cc1Cl)N1CCN(C(=O)c2ccccc2I)CC1. The molecule has 0 N–H and O–H groups in total. The van der Waals surface area contributed by atoms with Crippen molar-refractivity contribution in [2.24, 2.45) is 0 Å². The molecule has 0 aliphatic carbocycles. The lowest BCUT2D eigenvalue weighted by atomic mass is 10.1. The van der Waals surface area contributed by atoms with Crippen molar-refractivity contribution < 1.29 is 14.0 Å². The van der Waals surface area contributed by atoms with E-state index in [0.29, 0.717) is 31.7 Å². The molecule has 7 heteroatoms. The zero-order valence-electron chi connectivity index (χ0n) is 13.2. The third-order valence-electron chi connectivity index (χ3n) is 4.12. The topological polar surface area (TPSA) is 40.6 Å². The van der Waals surface area contributed by atoms with Gasteiger partial charge in [-0.1, -0.05) is 23.7 Å². The average molecular weight is 473 g/mol. The van der Waals surface area contributed by atoms with Gasteiger partial charge in [-0.2, -0.15) is 0 Å². The molecule has 0 atom stereocenters. The zero-order chi connectivity index (χ0) is 18.0. The Hall–Kier alpha value is -1.67. The van der Waals surface area contributed by atoms with Crippen LogP contribution in [0.2, 0.25) is 5.02 Å². The lowest BCUT2D eigenvalue weighted by Crippen LogP contribution is -2.50. The van der Waals surface area contributed by atoms with Gasteiger partial charge < -0.3 is 9.80 Å². The molecule has 1 aliphatic heterocycles. The number of halogens is 3. The van der Waals surface area contributed by atoms with Crippen molar-refractivity contribution >= 4 is 46.0 Å². The molecule has 130 valence electrons. The van der Waals surface area contributed by atoms with Gasteiger partial charge >= 0.3 is 0 Å². The number of carbonyl (C=O) groups is 2. The normalized spacial score (nSPS) is 14.5. The monoisotopic (exact) mass is 472 g/mol. The summed E-state index contributed by atoms with van der Waals surface area (Å²) in [6.45, 7) is 1.74. The standard InChI is InChI=1S/C18H15ClFIN2O2/c19-15-11-12(20)5-6-13(15)17(24)22-7-9-23(10-8-22)18(25)14-3-1-2-4-16(14)21/h1-6,11H,7-10H2. The van der Waals surface area contributed by atoms with Crippen LogP contribution in [-0.2, 0) is 0 Å². The third kappa shape index (κ3) is 3.95. The van der Waals surface area contributed by atoms with E-state index in [1.54, 1.807) is 15.9 Å². The summed E-state index contributed by atoms with van der Waals surface area (Å²) in [6.07, 6.45) is 0. The maximum atomic E-state index is 13.1. The molecule has 1 fully saturated rings. The highest BCUT2D eigenvalue weighted by molar-refractivity contribution is 14.1. The Balaban J connectivity index is 1.66. The fourth-order valence-corrected chi connectivity index (χ4v) is 3.62. The van der Waals surface area contributed by atoms with Crippen LogP contribution in [0.4, 0.5) is 4.39 Å². The average Bonchev–Trinajstić information content (AvgIpc) is 2.61. The number of benzene rings is 2. The molecule has 2 aromatic rings. The highest BCUT2D eigenvalue weighted by atomic mass is 127. The summed E-state index contributed by atoms with van der Waals surface area (Å²) < 4.78 is 14.0. The van der Waals surface area contributed by atoms with Crippen molar-refractivity contribution in [1.82, 2.24) is 9.80 Å². The molecule has 0 saturated carbocycles. The second-order valence-corrected chi connectivity index (χ2v) is 7.26. The van der Waals surface area contributed by atoms with E-state index in [2.05, 4.69) is 22.6 Å². The van der Waals surface area contributed by atoms with E-state index in [9.17, 15) is 14.0 Å². The molecule has 0 unspecified atom stereocenters. The Labute approximate surface area is 163 Å². The van der Waals surface area contributed by atoms with Crippen LogP contribution in [0, 0.1) is 9.39 Å². The van der Waals surface area contributed by atoms with Gasteiger partial charge in [0.25, 0.3) is 11.8 Å². The quantitative estimate of drug-likeness (QED) is 0.626. The zero-order valence-corrected chi connectivity index (χ0v) is 16.1. The molecule has 2 amide bonds. The first-order chi connectivity index (χ1) is 12.0. The van der Waals surface area contributed by atoms with Crippen molar-refractivity contribution in [3.63, 3.8) is 0 Å². The van der Waals surface area contributed by atoms with E-state index in [-0.39, 0.29) is 22.4 Å². The summed E-state index contributed by atoms with van der Waals surface area (Å²) in [4.78, 5) is 28.5. The van der Waals surface area contributed by atoms with Gasteiger partial charge in [0, 0.05) is 29.7 Å². The van der Waals surface area contributed by atoms with Crippen molar-refractivity contribution in [3.05, 3.63) is 68.0 Å². The number of carbonyl (C=O) groups excluding carboxylic acids is 2. The van der Waals surface area contributed by atoms with Crippen LogP contribution in [0.15, 0.2) is 42.5 Å². The minimum absolute atomic E-state index is 0.0306. The first-order valence-electron chi connectivity index (χ1n) is 7.75. The van der Waals surface area contributed by atoms with Gasteiger partial charge in [0.1, 0.15) is 5.82 Å². The van der Waals surface area contributed by atoms with E-state index in [0.717, 1.165) is 9.64 Å². The second kappa shape index (κ2) is 7.70. The summed E-state index contributed by atoms with van der Waals surface area (Å²) in [6, 6.07) is 11.2. The number of hydrogen-bond acceptors (Lipinski definition) is 2. The maximum Gasteiger partial charge on any atom is 0.255 e. The number of piperazine rings is 1. The molecule has 4 nitrogen and oxygen atoms in total. The number of rotatable bonds is 2. The summed E-state index contributed by atoms with van der Waals surface area (Å²) >= 11 is 8.11. The molecule has 1 heterocycles. The van der Waals surface area contributed by atoms with E-state index in [1.807, 2.05) is 18.2 Å². The van der Waals surface area contributed by atoms with Crippen molar-refractivity contribution in [2.75, 3.05) is 26.2 Å². The Bertz CT molecular complexity index is 822. The highest BCUT2D eigenvalue weighted by Gasteiger charge is 2.27. The summed E-state index contributed by atoms with van der Waals surface area (Å²) in [5.74, 6) is -0.752. The van der Waals surface area contributed by atoms with Crippen LogP contribution in [0.1, 0.15) is 20.7 Å². The molecule has 0 aromatic heterocycles. The van der Waals surface area contributed by atoms with Gasteiger partial charge in [0.05, 0.1) is 16.1 Å². The Morgan fingerprint density at radius 2 is 1.48 bits per heavy atom. The Morgan fingerprint density at radius 1 is 0.920 bits per heavy atom. The van der Waals surface area contributed by atoms with Gasteiger partial charge in [-0.15, -0.1) is 0 Å². The second-order valence-electron chi connectivity index (χ2n) is 5.69. The fourth-order valence-electron chi connectivity index (χ4n) is 2.75. The smallest absolute Gasteiger partial charge is 0.255 e. The highest BCUT2D eigenvalue weighted by Crippen LogP contribution is 2.21. The van der Waals surface area contributed by atoms with Gasteiger partial charge in [0.15, 0.2) is 0 Å². The van der Waals surface area contributed by atoms with Crippen LogP contribution in [-0.4, -0.2) is 47.8 Å². The van der Waals surface area contributed by atoms with Gasteiger partial charge in [-0.25, -0.2) is 4.39 Å². The molecule has 0 radical (unpaired) electrons. The van der Waals surface area contributed by atoms with Crippen LogP contribution in [0.5, 0.6) is 0 Å². The predicted octanol–water partition coefficient (Wildman–Crippen LogP) is 3.68. The van der Waals surface area contributed by atoms with Crippen LogP contribution < -0.4 is 0 Å². The third-order valence-corrected chi connectivity index (χ3v) is 5.37. The number of hydrogen-bond donors (Lipinski definition) is 0. The molecule has 1 saturated heterocycles. The van der Waals surface area contributed by atoms with E-state index in [4.69, 9.17) is 11.6 Å². The van der Waals surface area contributed by atoms with Crippen molar-refractivity contribution in [2.45, 2.75) is 0 Å². The van der Waals surface area contributed by atoms with Gasteiger partial charge in [0.2, 0.25) is 0 Å². The molecular weight excluding hydrogens is 458 g/mol. The number of amides is 2. The lowest BCUT2D eigenvalue weighted by molar-refractivity contribution is 0.0535. The fraction of sp³-hybridized carbons (Fsp3) is 0.222. The first kappa shape index (κ1) is 18.1. The van der Waals surface area contributed by atoms with Crippen LogP contribution >= 0.6 is 34.2 Å². The minimum atomic E-state index is -0.477. The van der Waals surface area contributed by atoms with E-state index >= 15 is 0 Å². The maximum absolute atomic E-state index is 13.1. The molecule has 1 aliphatic rings. The van der Waals surface area contributed by atoms with E-state index in [1.165, 1.54) is 12.1 Å². The summed E-state index contributed by atoms with van der Waals surface area (Å²) in [5, 5.41) is 0.0994. The van der Waals surface area contributed by atoms with Crippen LogP contribution in [0.25, 0.3) is 0 Å². The Morgan fingerprint density at radius 3 is 2.04 bits per heavy atom. The van der Waals surface area contributed by atoms with Gasteiger partial charge in [-0.3, -0.25) is 9.59 Å². The largest absolute Gasteiger partial charge is 0.335 e. The minimum Gasteiger partial charge on any atom is -0.335 e. The molecule has 3 rings (SSSR count). The molecular formula is C18H15ClFIN2O2. The van der Waals surface area contributed by atoms with E-state index < -0.39 is 5.82 Å². The van der Waals surface area contributed by atoms with Gasteiger partial charge in [-0.05, 0) is 52.9 Å². The lowest BCUT2D eigenvalue weighted by Gasteiger charge is -2.35. The molecule has 0 spiro atoms. The predicted molar refractivity (Wildman–Crippen MR) is 102 cm³/mol. The summed E-state index contributed by atoms with van der Waals surface area (Å²) in [7, 11) is 0. The first-order valence-corrected chi connectivity index (χ1v) is 9.21. The molecule has 25 heavy (non-hydrogen) atoms. The summed E-state index contributed by atoms with van der Waals surface area (Å²) in [5.41, 5.74) is 0.949. The van der Waals surface area contributed by atoms with Crippen molar-refractivity contribution in [1.29, 1.82) is 0 Å².